The summed E-state index contributed by atoms with van der Waals surface area (Å²) >= 11 is 1.57. The fourth-order valence-corrected chi connectivity index (χ4v) is 3.17. The second-order valence-corrected chi connectivity index (χ2v) is 6.99. The molecule has 0 saturated heterocycles. The van der Waals surface area contributed by atoms with Crippen molar-refractivity contribution < 1.29 is 9.59 Å². The maximum absolute atomic E-state index is 12.3. The first-order valence-corrected chi connectivity index (χ1v) is 9.45. The number of amides is 2. The van der Waals surface area contributed by atoms with E-state index >= 15 is 0 Å². The van der Waals surface area contributed by atoms with Gasteiger partial charge in [-0.2, -0.15) is 5.10 Å². The number of benzene rings is 1. The molecule has 2 N–H and O–H groups in total. The quantitative estimate of drug-likeness (QED) is 0.726. The zero-order valence-corrected chi connectivity index (χ0v) is 16.6. The second-order valence-electron chi connectivity index (χ2n) is 6.14. The zero-order valence-electron chi connectivity index (χ0n) is 15.8. The van der Waals surface area contributed by atoms with Gasteiger partial charge in [0.25, 0.3) is 0 Å². The summed E-state index contributed by atoms with van der Waals surface area (Å²) in [4.78, 5) is 27.2. The van der Waals surface area contributed by atoms with Crippen LogP contribution in [0.1, 0.15) is 11.4 Å². The Kier molecular flexibility index (Phi) is 6.82. The van der Waals surface area contributed by atoms with Gasteiger partial charge in [0.1, 0.15) is 0 Å². The van der Waals surface area contributed by atoms with Crippen LogP contribution in [0.2, 0.25) is 0 Å². The summed E-state index contributed by atoms with van der Waals surface area (Å²) in [7, 11) is 3.57. The van der Waals surface area contributed by atoms with E-state index in [0.29, 0.717) is 0 Å². The van der Waals surface area contributed by atoms with E-state index in [0.717, 1.165) is 27.7 Å². The molecule has 26 heavy (non-hydrogen) atoms. The van der Waals surface area contributed by atoms with E-state index in [9.17, 15) is 9.59 Å². The van der Waals surface area contributed by atoms with Crippen molar-refractivity contribution in [2.24, 2.45) is 7.05 Å². The Labute approximate surface area is 158 Å². The lowest BCUT2D eigenvalue weighted by Gasteiger charge is -2.17. The lowest BCUT2D eigenvalue weighted by atomic mass is 10.3. The molecular formula is C18H25N5O2S. The number of nitrogens with zero attached hydrogens (tertiary/aromatic N) is 3. The average Bonchev–Trinajstić information content (AvgIpc) is 2.81. The third kappa shape index (κ3) is 5.09. The number of aromatic nitrogens is 2. The maximum atomic E-state index is 12.3. The molecule has 0 unspecified atom stereocenters. The van der Waals surface area contributed by atoms with Crippen molar-refractivity contribution >= 4 is 35.0 Å². The predicted octanol–water partition coefficient (Wildman–Crippen LogP) is 2.27. The summed E-state index contributed by atoms with van der Waals surface area (Å²) in [5.41, 5.74) is 3.17. The van der Waals surface area contributed by atoms with E-state index in [1.807, 2.05) is 51.4 Å². The molecule has 0 bridgehead atoms. The molecule has 0 aliphatic heterocycles. The normalized spacial score (nSPS) is 10.8. The van der Waals surface area contributed by atoms with Gasteiger partial charge in [0, 0.05) is 11.9 Å². The highest BCUT2D eigenvalue weighted by molar-refractivity contribution is 7.98. The van der Waals surface area contributed by atoms with Crippen LogP contribution in [-0.2, 0) is 16.6 Å². The van der Waals surface area contributed by atoms with Gasteiger partial charge in [-0.1, -0.05) is 12.1 Å². The van der Waals surface area contributed by atoms with E-state index in [2.05, 4.69) is 15.7 Å². The van der Waals surface area contributed by atoms with Gasteiger partial charge in [0.05, 0.1) is 35.9 Å². The third-order valence-corrected chi connectivity index (χ3v) is 4.78. The van der Waals surface area contributed by atoms with Crippen LogP contribution in [0.4, 0.5) is 11.4 Å². The molecule has 1 aromatic carbocycles. The van der Waals surface area contributed by atoms with Crippen LogP contribution in [0.25, 0.3) is 0 Å². The van der Waals surface area contributed by atoms with E-state index < -0.39 is 0 Å². The molecule has 0 radical (unpaired) electrons. The van der Waals surface area contributed by atoms with Crippen LogP contribution in [0.5, 0.6) is 0 Å². The minimum absolute atomic E-state index is 0.116. The first-order chi connectivity index (χ1) is 12.3. The van der Waals surface area contributed by atoms with Crippen LogP contribution in [-0.4, -0.2) is 52.9 Å². The van der Waals surface area contributed by atoms with Crippen LogP contribution < -0.4 is 10.6 Å². The molecule has 1 heterocycles. The van der Waals surface area contributed by atoms with Crippen molar-refractivity contribution in [3.05, 3.63) is 35.7 Å². The summed E-state index contributed by atoms with van der Waals surface area (Å²) in [5.74, 6) is -0.334. The standard InChI is InChI=1S/C18H25N5O2S/c1-12-18(13(2)23(4)21-12)20-17(25)11-22(3)10-16(24)19-14-8-6-7-9-15(14)26-5/h6-9H,10-11H2,1-5H3,(H,19,24)(H,20,25). The molecule has 2 aromatic rings. The van der Waals surface area contributed by atoms with E-state index in [-0.39, 0.29) is 24.9 Å². The van der Waals surface area contributed by atoms with Gasteiger partial charge in [-0.05, 0) is 39.3 Å². The molecule has 7 nitrogen and oxygen atoms in total. The Bertz CT molecular complexity index is 803. The summed E-state index contributed by atoms with van der Waals surface area (Å²) in [5, 5.41) is 10.0. The van der Waals surface area contributed by atoms with Crippen LogP contribution >= 0.6 is 11.8 Å². The van der Waals surface area contributed by atoms with Gasteiger partial charge >= 0.3 is 0 Å². The highest BCUT2D eigenvalue weighted by Gasteiger charge is 2.15. The van der Waals surface area contributed by atoms with E-state index in [1.165, 1.54) is 0 Å². The molecule has 0 fully saturated rings. The SMILES string of the molecule is CSc1ccccc1NC(=O)CN(C)CC(=O)Nc1c(C)nn(C)c1C. The number of hydrogen-bond donors (Lipinski definition) is 2. The third-order valence-electron chi connectivity index (χ3n) is 3.98. The minimum atomic E-state index is -0.177. The summed E-state index contributed by atoms with van der Waals surface area (Å²) < 4.78 is 1.73. The molecule has 0 aliphatic carbocycles. The number of nitrogens with one attached hydrogen (secondary N) is 2. The molecule has 1 aromatic heterocycles. The van der Waals surface area contributed by atoms with Crippen molar-refractivity contribution in [1.29, 1.82) is 0 Å². The van der Waals surface area contributed by atoms with Gasteiger partial charge in [0.2, 0.25) is 11.8 Å². The first kappa shape index (κ1) is 20.0. The number of carbonyl (C=O) groups excluding carboxylic acids is 2. The molecular weight excluding hydrogens is 350 g/mol. The summed E-state index contributed by atoms with van der Waals surface area (Å²) in [6, 6.07) is 7.63. The molecule has 0 atom stereocenters. The number of thioether (sulfide) groups is 1. The highest BCUT2D eigenvalue weighted by Crippen LogP contribution is 2.24. The van der Waals surface area contributed by atoms with Gasteiger partial charge < -0.3 is 10.6 Å². The monoisotopic (exact) mass is 375 g/mol. The molecule has 0 aliphatic rings. The van der Waals surface area contributed by atoms with Gasteiger partial charge in [-0.3, -0.25) is 19.2 Å². The number of rotatable bonds is 7. The van der Waals surface area contributed by atoms with Gasteiger partial charge in [0.15, 0.2) is 0 Å². The number of anilines is 2. The Hall–Kier alpha value is -2.32. The van der Waals surface area contributed by atoms with Gasteiger partial charge in [-0.25, -0.2) is 0 Å². The van der Waals surface area contributed by atoms with Crippen molar-refractivity contribution in [2.75, 3.05) is 37.0 Å². The molecule has 8 heteroatoms. The number of carbonyl (C=O) groups is 2. The topological polar surface area (TPSA) is 79.3 Å². The van der Waals surface area contributed by atoms with Crippen molar-refractivity contribution in [3.63, 3.8) is 0 Å². The molecule has 140 valence electrons. The Morgan fingerprint density at radius 3 is 2.35 bits per heavy atom. The summed E-state index contributed by atoms with van der Waals surface area (Å²) in [6.45, 7) is 3.99. The molecule has 2 amide bonds. The van der Waals surface area contributed by atoms with Crippen molar-refractivity contribution in [2.45, 2.75) is 18.7 Å². The van der Waals surface area contributed by atoms with Crippen molar-refractivity contribution in [3.8, 4) is 0 Å². The number of aryl methyl sites for hydroxylation is 2. The summed E-state index contributed by atoms with van der Waals surface area (Å²) in [6.07, 6.45) is 1.96. The van der Waals surface area contributed by atoms with Crippen LogP contribution in [0.3, 0.4) is 0 Å². The fourth-order valence-electron chi connectivity index (χ4n) is 2.62. The Balaban J connectivity index is 1.88. The lowest BCUT2D eigenvalue weighted by molar-refractivity contribution is -0.119. The maximum Gasteiger partial charge on any atom is 0.238 e. The van der Waals surface area contributed by atoms with Gasteiger partial charge in [-0.15, -0.1) is 11.8 Å². The molecule has 0 spiro atoms. The number of hydrogen-bond acceptors (Lipinski definition) is 5. The first-order valence-electron chi connectivity index (χ1n) is 8.23. The smallest absolute Gasteiger partial charge is 0.238 e. The minimum Gasteiger partial charge on any atom is -0.324 e. The average molecular weight is 375 g/mol. The zero-order chi connectivity index (χ0) is 19.3. The largest absolute Gasteiger partial charge is 0.324 e. The second kappa shape index (κ2) is 8.86. The predicted molar refractivity (Wildman–Crippen MR) is 106 cm³/mol. The number of likely N-dealkylation sites (N-methyl/N-ethyl adjacent to an activating group) is 1. The lowest BCUT2D eigenvalue weighted by Crippen LogP contribution is -2.36. The van der Waals surface area contributed by atoms with Crippen LogP contribution in [0.15, 0.2) is 29.2 Å². The highest BCUT2D eigenvalue weighted by atomic mass is 32.2. The molecule has 0 saturated carbocycles. The van der Waals surface area contributed by atoms with Crippen molar-refractivity contribution in [1.82, 2.24) is 14.7 Å². The Morgan fingerprint density at radius 1 is 1.15 bits per heavy atom. The Morgan fingerprint density at radius 2 is 1.77 bits per heavy atom. The number of para-hydroxylation sites is 1. The fraction of sp³-hybridized carbons (Fsp3) is 0.389. The molecule has 2 rings (SSSR count). The van der Waals surface area contributed by atoms with Crippen LogP contribution in [0, 0.1) is 13.8 Å². The van der Waals surface area contributed by atoms with E-state index in [1.54, 1.807) is 28.4 Å². The van der Waals surface area contributed by atoms with E-state index in [4.69, 9.17) is 0 Å².